The summed E-state index contributed by atoms with van der Waals surface area (Å²) in [5.41, 5.74) is 0. The molecule has 1 saturated heterocycles. The maximum Gasteiger partial charge on any atom is 0.409 e. The van der Waals surface area contributed by atoms with E-state index in [1.165, 1.54) is 33.0 Å². The number of piperidine rings is 1. The third kappa shape index (κ3) is 4.08. The summed E-state index contributed by atoms with van der Waals surface area (Å²) < 4.78 is 4.65. The molecule has 4 heteroatoms. The molecule has 0 aromatic carbocycles. The first kappa shape index (κ1) is 12.3. The Balaban J connectivity index is 2.17. The molecule has 0 bridgehead atoms. The van der Waals surface area contributed by atoms with Crippen LogP contribution in [0.15, 0.2) is 0 Å². The summed E-state index contributed by atoms with van der Waals surface area (Å²) >= 11 is 0. The molecular weight excluding hydrogens is 192 g/mol. The Morgan fingerprint density at radius 1 is 1.47 bits per heavy atom. The third-order valence-corrected chi connectivity index (χ3v) is 3.20. The maximum absolute atomic E-state index is 11.1. The van der Waals surface area contributed by atoms with Crippen LogP contribution in [-0.4, -0.2) is 56.7 Å². The van der Waals surface area contributed by atoms with Crippen LogP contribution in [-0.2, 0) is 4.74 Å². The molecule has 15 heavy (non-hydrogen) atoms. The quantitative estimate of drug-likeness (QED) is 0.712. The Morgan fingerprint density at radius 3 is 2.60 bits per heavy atom. The number of amides is 1. The molecule has 1 aliphatic rings. The first-order valence-corrected chi connectivity index (χ1v) is 5.61. The van der Waals surface area contributed by atoms with E-state index in [0.717, 1.165) is 18.9 Å². The lowest BCUT2D eigenvalue weighted by Crippen LogP contribution is -2.33. The molecule has 1 amide bonds. The number of likely N-dealkylation sites (tertiary alicyclic amines) is 1. The summed E-state index contributed by atoms with van der Waals surface area (Å²) in [6.07, 6.45) is 3.37. The Morgan fingerprint density at radius 2 is 2.07 bits per heavy atom. The van der Waals surface area contributed by atoms with E-state index in [4.69, 9.17) is 0 Å². The minimum Gasteiger partial charge on any atom is -0.453 e. The SMILES string of the molecule is COC(=O)N(C)CCC1CCN(C)CC1. The van der Waals surface area contributed by atoms with Gasteiger partial charge in [-0.3, -0.25) is 0 Å². The van der Waals surface area contributed by atoms with Crippen molar-refractivity contribution >= 4 is 6.09 Å². The highest BCUT2D eigenvalue weighted by atomic mass is 16.5. The fourth-order valence-corrected chi connectivity index (χ4v) is 1.97. The van der Waals surface area contributed by atoms with Crippen LogP contribution in [0.3, 0.4) is 0 Å². The minimum atomic E-state index is -0.233. The standard InChI is InChI=1S/C11H22N2O2/c1-12-7-4-10(5-8-12)6-9-13(2)11(14)15-3/h10H,4-9H2,1-3H3. The molecule has 4 nitrogen and oxygen atoms in total. The molecule has 0 spiro atoms. The van der Waals surface area contributed by atoms with Crippen molar-refractivity contribution in [3.05, 3.63) is 0 Å². The Hall–Kier alpha value is -0.770. The summed E-state index contributed by atoms with van der Waals surface area (Å²) in [6.45, 7) is 3.18. The number of carbonyl (C=O) groups excluding carboxylic acids is 1. The molecule has 0 radical (unpaired) electrons. The van der Waals surface area contributed by atoms with E-state index < -0.39 is 0 Å². The van der Waals surface area contributed by atoms with Gasteiger partial charge in [0.15, 0.2) is 0 Å². The summed E-state index contributed by atoms with van der Waals surface area (Å²) in [5, 5.41) is 0. The molecule has 0 saturated carbocycles. The van der Waals surface area contributed by atoms with Gasteiger partial charge < -0.3 is 14.5 Å². The lowest BCUT2D eigenvalue weighted by molar-refractivity contribution is 0.127. The van der Waals surface area contributed by atoms with Crippen molar-refractivity contribution in [2.75, 3.05) is 40.8 Å². The number of methoxy groups -OCH3 is 1. The zero-order chi connectivity index (χ0) is 11.3. The van der Waals surface area contributed by atoms with Gasteiger partial charge in [0.2, 0.25) is 0 Å². The molecule has 88 valence electrons. The highest BCUT2D eigenvalue weighted by molar-refractivity contribution is 5.66. The largest absolute Gasteiger partial charge is 0.453 e. The van der Waals surface area contributed by atoms with E-state index in [-0.39, 0.29) is 6.09 Å². The van der Waals surface area contributed by atoms with E-state index in [9.17, 15) is 4.79 Å². The average molecular weight is 214 g/mol. The van der Waals surface area contributed by atoms with Gasteiger partial charge in [-0.15, -0.1) is 0 Å². The van der Waals surface area contributed by atoms with Crippen molar-refractivity contribution < 1.29 is 9.53 Å². The van der Waals surface area contributed by atoms with Crippen LogP contribution in [0.4, 0.5) is 4.79 Å². The van der Waals surface area contributed by atoms with Crippen LogP contribution in [0.1, 0.15) is 19.3 Å². The fraction of sp³-hybridized carbons (Fsp3) is 0.909. The molecule has 0 aromatic rings. The first-order chi connectivity index (χ1) is 7.13. The molecule has 1 heterocycles. The first-order valence-electron chi connectivity index (χ1n) is 5.61. The smallest absolute Gasteiger partial charge is 0.409 e. The zero-order valence-electron chi connectivity index (χ0n) is 10.0. The van der Waals surface area contributed by atoms with Gasteiger partial charge in [0.25, 0.3) is 0 Å². The van der Waals surface area contributed by atoms with Crippen LogP contribution < -0.4 is 0 Å². The normalized spacial score (nSPS) is 18.9. The molecule has 1 aliphatic heterocycles. The number of nitrogens with zero attached hydrogens (tertiary/aromatic N) is 2. The highest BCUT2D eigenvalue weighted by Crippen LogP contribution is 2.19. The molecule has 0 aromatic heterocycles. The van der Waals surface area contributed by atoms with Gasteiger partial charge in [0, 0.05) is 13.6 Å². The van der Waals surface area contributed by atoms with Crippen LogP contribution in [0.5, 0.6) is 0 Å². The van der Waals surface area contributed by atoms with Crippen molar-refractivity contribution in [2.24, 2.45) is 5.92 Å². The molecule has 1 rings (SSSR count). The molecule has 1 fully saturated rings. The average Bonchev–Trinajstić information content (AvgIpc) is 2.26. The highest BCUT2D eigenvalue weighted by Gasteiger charge is 2.18. The summed E-state index contributed by atoms with van der Waals surface area (Å²) in [7, 11) is 5.38. The number of hydrogen-bond donors (Lipinski definition) is 0. The second-order valence-electron chi connectivity index (χ2n) is 4.43. The predicted octanol–water partition coefficient (Wildman–Crippen LogP) is 1.42. The lowest BCUT2D eigenvalue weighted by Gasteiger charge is -2.29. The topological polar surface area (TPSA) is 32.8 Å². The monoisotopic (exact) mass is 214 g/mol. The molecule has 0 atom stereocenters. The number of carbonyl (C=O) groups is 1. The molecule has 0 N–H and O–H groups in total. The summed E-state index contributed by atoms with van der Waals surface area (Å²) in [6, 6.07) is 0. The van der Waals surface area contributed by atoms with Crippen molar-refractivity contribution in [3.8, 4) is 0 Å². The third-order valence-electron chi connectivity index (χ3n) is 3.20. The second kappa shape index (κ2) is 5.95. The van der Waals surface area contributed by atoms with Crippen LogP contribution in [0.2, 0.25) is 0 Å². The predicted molar refractivity (Wildman–Crippen MR) is 59.9 cm³/mol. The fourth-order valence-electron chi connectivity index (χ4n) is 1.97. The van der Waals surface area contributed by atoms with E-state index in [1.807, 2.05) is 0 Å². The van der Waals surface area contributed by atoms with E-state index in [2.05, 4.69) is 16.7 Å². The van der Waals surface area contributed by atoms with Gasteiger partial charge in [-0.25, -0.2) is 4.79 Å². The zero-order valence-corrected chi connectivity index (χ0v) is 10.0. The van der Waals surface area contributed by atoms with Crippen LogP contribution >= 0.6 is 0 Å². The van der Waals surface area contributed by atoms with Gasteiger partial charge in [-0.2, -0.15) is 0 Å². The van der Waals surface area contributed by atoms with Gasteiger partial charge in [-0.1, -0.05) is 0 Å². The minimum absolute atomic E-state index is 0.233. The van der Waals surface area contributed by atoms with Gasteiger partial charge in [0.05, 0.1) is 7.11 Å². The summed E-state index contributed by atoms with van der Waals surface area (Å²) in [4.78, 5) is 15.1. The Bertz CT molecular complexity index is 201. The van der Waals surface area contributed by atoms with Crippen molar-refractivity contribution in [2.45, 2.75) is 19.3 Å². The Kier molecular flexibility index (Phi) is 4.88. The van der Waals surface area contributed by atoms with Gasteiger partial charge in [-0.05, 0) is 45.3 Å². The lowest BCUT2D eigenvalue weighted by atomic mass is 9.94. The van der Waals surface area contributed by atoms with Gasteiger partial charge in [0.1, 0.15) is 0 Å². The van der Waals surface area contributed by atoms with Crippen molar-refractivity contribution in [3.63, 3.8) is 0 Å². The van der Waals surface area contributed by atoms with E-state index >= 15 is 0 Å². The second-order valence-corrected chi connectivity index (χ2v) is 4.43. The number of hydrogen-bond acceptors (Lipinski definition) is 3. The molecule has 0 aliphatic carbocycles. The molecule has 0 unspecified atom stereocenters. The number of ether oxygens (including phenoxy) is 1. The molecular formula is C11H22N2O2. The van der Waals surface area contributed by atoms with E-state index in [1.54, 1.807) is 11.9 Å². The van der Waals surface area contributed by atoms with E-state index in [0.29, 0.717) is 0 Å². The van der Waals surface area contributed by atoms with Crippen molar-refractivity contribution in [1.29, 1.82) is 0 Å². The van der Waals surface area contributed by atoms with Crippen LogP contribution in [0, 0.1) is 5.92 Å². The Labute approximate surface area is 92.2 Å². The van der Waals surface area contributed by atoms with Crippen molar-refractivity contribution in [1.82, 2.24) is 9.80 Å². The maximum atomic E-state index is 11.1. The van der Waals surface area contributed by atoms with Crippen LogP contribution in [0.25, 0.3) is 0 Å². The summed E-state index contributed by atoms with van der Waals surface area (Å²) in [5.74, 6) is 0.772. The van der Waals surface area contributed by atoms with Gasteiger partial charge >= 0.3 is 6.09 Å². The number of rotatable bonds is 3.